The highest BCUT2D eigenvalue weighted by Crippen LogP contribution is 2.16. The quantitative estimate of drug-likeness (QED) is 0.195. The minimum atomic E-state index is -0.917. The lowest BCUT2D eigenvalue weighted by atomic mass is 10.1. The molecule has 1 aliphatic rings. The fraction of sp³-hybridized carbons (Fsp3) is 0.308. The summed E-state index contributed by atoms with van der Waals surface area (Å²) in [5.74, 6) is 0.203. The van der Waals surface area contributed by atoms with Crippen molar-refractivity contribution in [2.75, 3.05) is 11.9 Å². The zero-order valence-corrected chi connectivity index (χ0v) is 19.8. The molecule has 0 heterocycles. The molecule has 190 valence electrons. The Morgan fingerprint density at radius 1 is 0.972 bits per heavy atom. The lowest BCUT2D eigenvalue weighted by Crippen LogP contribution is -2.18. The van der Waals surface area contributed by atoms with Crippen molar-refractivity contribution in [3.8, 4) is 0 Å². The van der Waals surface area contributed by atoms with E-state index in [0.29, 0.717) is 17.8 Å². The Kier molecular flexibility index (Phi) is 10.0. The van der Waals surface area contributed by atoms with Crippen LogP contribution in [0.1, 0.15) is 36.0 Å². The van der Waals surface area contributed by atoms with Gasteiger partial charge < -0.3 is 19.9 Å². The van der Waals surface area contributed by atoms with Crippen molar-refractivity contribution in [3.63, 3.8) is 0 Å². The first-order chi connectivity index (χ1) is 17.4. The highest BCUT2D eigenvalue weighted by molar-refractivity contribution is 5.84. The van der Waals surface area contributed by atoms with Crippen LogP contribution in [-0.2, 0) is 33.8 Å². The van der Waals surface area contributed by atoms with Gasteiger partial charge in [-0.05, 0) is 72.9 Å². The van der Waals surface area contributed by atoms with E-state index in [-0.39, 0.29) is 25.4 Å². The van der Waals surface area contributed by atoms with Crippen LogP contribution < -0.4 is 11.1 Å². The number of ether oxygens (including phenoxy) is 3. The number of unbranched alkanes of at least 4 members (excludes halogenated alkanes) is 1. The van der Waals surface area contributed by atoms with E-state index in [9.17, 15) is 19.7 Å². The zero-order valence-electron chi connectivity index (χ0n) is 19.8. The zero-order chi connectivity index (χ0) is 25.8. The molecule has 1 amide bonds. The average Bonchev–Trinajstić information content (AvgIpc) is 2.88. The molecule has 10 nitrogen and oxygen atoms in total. The van der Waals surface area contributed by atoms with Gasteiger partial charge in [0, 0.05) is 17.0 Å². The van der Waals surface area contributed by atoms with E-state index in [2.05, 4.69) is 5.32 Å². The molecule has 0 bridgehead atoms. The summed E-state index contributed by atoms with van der Waals surface area (Å²) in [7, 11) is 0. The molecule has 2 aromatic rings. The normalized spacial score (nSPS) is 14.5. The average molecular weight is 496 g/mol. The van der Waals surface area contributed by atoms with Crippen LogP contribution in [-0.4, -0.2) is 29.8 Å². The lowest BCUT2D eigenvalue weighted by Gasteiger charge is -2.11. The van der Waals surface area contributed by atoms with Crippen LogP contribution in [0.15, 0.2) is 72.5 Å². The summed E-state index contributed by atoms with van der Waals surface area (Å²) < 4.78 is 15.4. The van der Waals surface area contributed by atoms with E-state index >= 15 is 0 Å². The number of hydrogen-bond donors (Lipinski definition) is 2. The second-order valence-corrected chi connectivity index (χ2v) is 8.16. The van der Waals surface area contributed by atoms with Crippen LogP contribution >= 0.6 is 0 Å². The van der Waals surface area contributed by atoms with E-state index in [0.717, 1.165) is 24.8 Å². The molecular weight excluding hydrogens is 466 g/mol. The van der Waals surface area contributed by atoms with Gasteiger partial charge in [0.1, 0.15) is 19.0 Å². The van der Waals surface area contributed by atoms with Crippen LogP contribution in [0.5, 0.6) is 0 Å². The van der Waals surface area contributed by atoms with Crippen LogP contribution in [0, 0.1) is 10.1 Å². The van der Waals surface area contributed by atoms with Crippen molar-refractivity contribution in [1.82, 2.24) is 0 Å². The predicted molar refractivity (Wildman–Crippen MR) is 133 cm³/mol. The van der Waals surface area contributed by atoms with Crippen molar-refractivity contribution in [2.45, 2.75) is 44.9 Å². The first kappa shape index (κ1) is 26.4. The molecule has 0 spiro atoms. The summed E-state index contributed by atoms with van der Waals surface area (Å²) in [6.45, 7) is 0.807. The van der Waals surface area contributed by atoms with Crippen LogP contribution in [0.25, 0.3) is 0 Å². The van der Waals surface area contributed by atoms with E-state index in [1.54, 1.807) is 24.3 Å². The SMILES string of the molecule is NCCCCc1ccc(COC(=O)Nc2ccc(COC(=O)OC3=CCC([N+](=O)[O-])C=C3)cc2)cc1. The highest BCUT2D eigenvalue weighted by Gasteiger charge is 2.20. The number of amides is 1. The van der Waals surface area contributed by atoms with Crippen LogP contribution in [0.3, 0.4) is 0 Å². The summed E-state index contributed by atoms with van der Waals surface area (Å²) in [4.78, 5) is 34.3. The molecule has 0 aromatic heterocycles. The Morgan fingerprint density at radius 3 is 2.22 bits per heavy atom. The fourth-order valence-corrected chi connectivity index (χ4v) is 3.35. The van der Waals surface area contributed by atoms with Gasteiger partial charge in [0.05, 0.1) is 0 Å². The molecule has 3 rings (SSSR count). The minimum Gasteiger partial charge on any atom is -0.444 e. The minimum absolute atomic E-state index is 0.0414. The summed E-state index contributed by atoms with van der Waals surface area (Å²) >= 11 is 0. The molecule has 3 N–H and O–H groups in total. The molecule has 0 aliphatic heterocycles. The molecule has 2 aromatic carbocycles. The second kappa shape index (κ2) is 13.6. The van der Waals surface area contributed by atoms with Gasteiger partial charge in [-0.15, -0.1) is 0 Å². The third-order valence-corrected chi connectivity index (χ3v) is 5.38. The Balaban J connectivity index is 1.36. The molecular formula is C26H29N3O7. The number of aryl methyl sites for hydroxylation is 1. The van der Waals surface area contributed by atoms with Gasteiger partial charge in [0.2, 0.25) is 6.04 Å². The van der Waals surface area contributed by atoms with Gasteiger partial charge in [-0.25, -0.2) is 9.59 Å². The van der Waals surface area contributed by atoms with Gasteiger partial charge in [0.15, 0.2) is 0 Å². The number of anilines is 1. The number of benzene rings is 2. The molecule has 0 fully saturated rings. The van der Waals surface area contributed by atoms with Crippen molar-refractivity contribution in [1.29, 1.82) is 0 Å². The number of nitro groups is 1. The standard InChI is InChI=1S/C26H29N3O7/c27-16-2-1-3-19-4-6-20(7-5-19)17-34-25(30)28-22-10-8-21(9-11-22)18-35-26(31)36-24-14-12-23(13-15-24)29(32)33/h4-12,14-15,23H,1-3,13,16-18,27H2,(H,28,30). The first-order valence-electron chi connectivity index (χ1n) is 11.6. The number of nitrogens with one attached hydrogen (secondary N) is 1. The summed E-state index contributed by atoms with van der Waals surface area (Å²) in [6.07, 6.45) is 5.87. The first-order valence-corrected chi connectivity index (χ1v) is 11.6. The van der Waals surface area contributed by atoms with E-state index in [4.69, 9.17) is 19.9 Å². The fourth-order valence-electron chi connectivity index (χ4n) is 3.35. The Hall–Kier alpha value is -4.18. The summed E-state index contributed by atoms with van der Waals surface area (Å²) in [6, 6.07) is 13.8. The Bertz CT molecular complexity index is 1100. The summed E-state index contributed by atoms with van der Waals surface area (Å²) in [5, 5.41) is 13.4. The number of rotatable bonds is 11. The van der Waals surface area contributed by atoms with Gasteiger partial charge in [0.25, 0.3) is 0 Å². The van der Waals surface area contributed by atoms with Crippen molar-refractivity contribution >= 4 is 17.9 Å². The Labute approximate surface area is 208 Å². The number of nitrogens with zero attached hydrogens (tertiary/aromatic N) is 1. The number of allylic oxidation sites excluding steroid dienone is 1. The molecule has 10 heteroatoms. The van der Waals surface area contributed by atoms with Crippen molar-refractivity contribution in [3.05, 3.63) is 99.3 Å². The van der Waals surface area contributed by atoms with Crippen molar-refractivity contribution < 1.29 is 28.7 Å². The third-order valence-electron chi connectivity index (χ3n) is 5.38. The molecule has 0 radical (unpaired) electrons. The highest BCUT2D eigenvalue weighted by atomic mass is 16.7. The maximum absolute atomic E-state index is 12.1. The molecule has 36 heavy (non-hydrogen) atoms. The van der Waals surface area contributed by atoms with Crippen molar-refractivity contribution in [2.24, 2.45) is 5.73 Å². The van der Waals surface area contributed by atoms with Gasteiger partial charge in [-0.2, -0.15) is 0 Å². The van der Waals surface area contributed by atoms with Gasteiger partial charge in [-0.3, -0.25) is 15.4 Å². The third kappa shape index (κ3) is 8.88. The van der Waals surface area contributed by atoms with Gasteiger partial charge >= 0.3 is 12.2 Å². The topological polar surface area (TPSA) is 143 Å². The lowest BCUT2D eigenvalue weighted by molar-refractivity contribution is -0.508. The monoisotopic (exact) mass is 495 g/mol. The number of hydrogen-bond acceptors (Lipinski definition) is 8. The molecule has 1 aliphatic carbocycles. The maximum atomic E-state index is 12.1. The smallest absolute Gasteiger partial charge is 0.444 e. The molecule has 0 saturated carbocycles. The van der Waals surface area contributed by atoms with Crippen LogP contribution in [0.4, 0.5) is 15.3 Å². The van der Waals surface area contributed by atoms with E-state index in [1.807, 2.05) is 24.3 Å². The molecule has 1 atom stereocenters. The number of carbonyl (C=O) groups is 2. The Morgan fingerprint density at radius 2 is 1.61 bits per heavy atom. The number of carbonyl (C=O) groups excluding carboxylic acids is 2. The molecule has 0 saturated heterocycles. The summed E-state index contributed by atoms with van der Waals surface area (Å²) in [5.41, 5.74) is 8.84. The number of nitrogens with two attached hydrogens (primary N) is 1. The maximum Gasteiger partial charge on any atom is 0.514 e. The largest absolute Gasteiger partial charge is 0.514 e. The predicted octanol–water partition coefficient (Wildman–Crippen LogP) is 4.86. The van der Waals surface area contributed by atoms with E-state index in [1.165, 1.54) is 23.8 Å². The molecule has 1 unspecified atom stereocenters. The van der Waals surface area contributed by atoms with Crippen LogP contribution in [0.2, 0.25) is 0 Å². The van der Waals surface area contributed by atoms with Gasteiger partial charge in [-0.1, -0.05) is 36.4 Å². The van der Waals surface area contributed by atoms with E-state index < -0.39 is 23.2 Å². The second-order valence-electron chi connectivity index (χ2n) is 8.16.